The lowest BCUT2D eigenvalue weighted by Gasteiger charge is -2.13. The molecule has 5 nitrogen and oxygen atoms in total. The van der Waals surface area contributed by atoms with Crippen LogP contribution in [0.25, 0.3) is 0 Å². The third-order valence-electron chi connectivity index (χ3n) is 1.35. The SMILES string of the molecule is COCc1nc(Cl)cc(NN(C)C)n1. The van der Waals surface area contributed by atoms with Crippen LogP contribution in [0.1, 0.15) is 5.82 Å². The fourth-order valence-electron chi connectivity index (χ4n) is 0.945. The number of ether oxygens (including phenoxy) is 1. The van der Waals surface area contributed by atoms with E-state index in [0.717, 1.165) is 0 Å². The maximum Gasteiger partial charge on any atom is 0.158 e. The van der Waals surface area contributed by atoms with E-state index in [9.17, 15) is 0 Å². The van der Waals surface area contributed by atoms with Gasteiger partial charge in [-0.05, 0) is 0 Å². The van der Waals surface area contributed by atoms with Gasteiger partial charge in [-0.15, -0.1) is 0 Å². The van der Waals surface area contributed by atoms with E-state index in [1.807, 2.05) is 14.1 Å². The van der Waals surface area contributed by atoms with E-state index in [-0.39, 0.29) is 0 Å². The minimum absolute atomic E-state index is 0.350. The van der Waals surface area contributed by atoms with E-state index in [1.165, 1.54) is 0 Å². The Balaban J connectivity index is 2.83. The predicted molar refractivity (Wildman–Crippen MR) is 55.1 cm³/mol. The molecule has 0 spiro atoms. The zero-order valence-corrected chi connectivity index (χ0v) is 9.17. The fourth-order valence-corrected chi connectivity index (χ4v) is 1.15. The molecule has 0 unspecified atom stereocenters. The van der Waals surface area contributed by atoms with Gasteiger partial charge in [-0.2, -0.15) is 0 Å². The van der Waals surface area contributed by atoms with Gasteiger partial charge in [0.25, 0.3) is 0 Å². The molecule has 0 radical (unpaired) electrons. The molecule has 0 saturated carbocycles. The average Bonchev–Trinajstić information content (AvgIpc) is 2.01. The molecule has 14 heavy (non-hydrogen) atoms. The van der Waals surface area contributed by atoms with Crippen molar-refractivity contribution in [1.82, 2.24) is 15.0 Å². The molecule has 1 N–H and O–H groups in total. The Bertz CT molecular complexity index is 305. The second-order valence-electron chi connectivity index (χ2n) is 2.93. The first-order valence-electron chi connectivity index (χ1n) is 4.08. The molecule has 0 amide bonds. The van der Waals surface area contributed by atoms with E-state index in [4.69, 9.17) is 16.3 Å². The normalized spacial score (nSPS) is 10.6. The molecule has 0 aliphatic heterocycles. The van der Waals surface area contributed by atoms with Crippen molar-refractivity contribution in [2.75, 3.05) is 26.6 Å². The molecule has 1 aromatic heterocycles. The van der Waals surface area contributed by atoms with E-state index < -0.39 is 0 Å². The summed E-state index contributed by atoms with van der Waals surface area (Å²) in [5.41, 5.74) is 2.99. The van der Waals surface area contributed by atoms with Crippen LogP contribution in [0.4, 0.5) is 5.82 Å². The molecule has 1 aromatic rings. The predicted octanol–water partition coefficient (Wildman–Crippen LogP) is 1.16. The van der Waals surface area contributed by atoms with Gasteiger partial charge in [0, 0.05) is 27.3 Å². The van der Waals surface area contributed by atoms with Gasteiger partial charge >= 0.3 is 0 Å². The third kappa shape index (κ3) is 3.45. The third-order valence-corrected chi connectivity index (χ3v) is 1.55. The topological polar surface area (TPSA) is 50.3 Å². The van der Waals surface area contributed by atoms with Crippen LogP contribution in [-0.2, 0) is 11.3 Å². The molecule has 6 heteroatoms. The average molecular weight is 217 g/mol. The summed E-state index contributed by atoms with van der Waals surface area (Å²) in [6, 6.07) is 1.65. The number of aromatic nitrogens is 2. The highest BCUT2D eigenvalue weighted by atomic mass is 35.5. The Morgan fingerprint density at radius 1 is 1.50 bits per heavy atom. The fraction of sp³-hybridized carbons (Fsp3) is 0.500. The van der Waals surface area contributed by atoms with Crippen LogP contribution in [0.5, 0.6) is 0 Å². The van der Waals surface area contributed by atoms with Crippen LogP contribution < -0.4 is 5.43 Å². The van der Waals surface area contributed by atoms with Crippen molar-refractivity contribution in [2.24, 2.45) is 0 Å². The van der Waals surface area contributed by atoms with E-state index in [1.54, 1.807) is 18.2 Å². The Kier molecular flexibility index (Phi) is 4.06. The van der Waals surface area contributed by atoms with Crippen LogP contribution in [0.2, 0.25) is 5.15 Å². The van der Waals surface area contributed by atoms with Crippen molar-refractivity contribution < 1.29 is 4.74 Å². The van der Waals surface area contributed by atoms with Gasteiger partial charge in [-0.3, -0.25) is 0 Å². The van der Waals surface area contributed by atoms with Crippen LogP contribution in [0.3, 0.4) is 0 Å². The first kappa shape index (κ1) is 11.2. The van der Waals surface area contributed by atoms with Crippen molar-refractivity contribution in [3.05, 3.63) is 17.0 Å². The summed E-state index contributed by atoms with van der Waals surface area (Å²) >= 11 is 5.80. The maximum atomic E-state index is 5.80. The summed E-state index contributed by atoms with van der Waals surface area (Å²) in [5, 5.41) is 2.17. The highest BCUT2D eigenvalue weighted by Gasteiger charge is 2.03. The van der Waals surface area contributed by atoms with Crippen LogP contribution >= 0.6 is 11.6 Å². The smallest absolute Gasteiger partial charge is 0.158 e. The Labute approximate surface area is 88.0 Å². The molecule has 0 aliphatic rings. The van der Waals surface area contributed by atoms with Gasteiger partial charge in [0.05, 0.1) is 0 Å². The number of halogens is 1. The lowest BCUT2D eigenvalue weighted by atomic mass is 10.5. The maximum absolute atomic E-state index is 5.80. The molecule has 0 aliphatic carbocycles. The van der Waals surface area contributed by atoms with Gasteiger partial charge < -0.3 is 10.2 Å². The summed E-state index contributed by atoms with van der Waals surface area (Å²) in [6.45, 7) is 0.350. The molecule has 0 atom stereocenters. The molecule has 78 valence electrons. The number of anilines is 1. The molecule has 0 fully saturated rings. The minimum atomic E-state index is 0.350. The highest BCUT2D eigenvalue weighted by molar-refractivity contribution is 6.29. The lowest BCUT2D eigenvalue weighted by Crippen LogP contribution is -2.20. The van der Waals surface area contributed by atoms with Gasteiger partial charge in [0.2, 0.25) is 0 Å². The van der Waals surface area contributed by atoms with E-state index in [0.29, 0.717) is 23.4 Å². The monoisotopic (exact) mass is 216 g/mol. The van der Waals surface area contributed by atoms with Crippen molar-refractivity contribution in [3.63, 3.8) is 0 Å². The molecule has 0 saturated heterocycles. The number of rotatable bonds is 4. The van der Waals surface area contributed by atoms with Crippen molar-refractivity contribution >= 4 is 17.4 Å². The van der Waals surface area contributed by atoms with E-state index in [2.05, 4.69) is 15.4 Å². The van der Waals surface area contributed by atoms with Gasteiger partial charge in [0.15, 0.2) is 5.82 Å². The molecule has 1 heterocycles. The Hall–Kier alpha value is -0.910. The summed E-state index contributed by atoms with van der Waals surface area (Å²) in [6.07, 6.45) is 0. The summed E-state index contributed by atoms with van der Waals surface area (Å²) in [7, 11) is 5.32. The molecule has 0 aromatic carbocycles. The lowest BCUT2D eigenvalue weighted by molar-refractivity contribution is 0.178. The first-order valence-corrected chi connectivity index (χ1v) is 4.46. The molecular formula is C8H13ClN4O. The van der Waals surface area contributed by atoms with E-state index >= 15 is 0 Å². The second kappa shape index (κ2) is 5.09. The molecule has 1 rings (SSSR count). The largest absolute Gasteiger partial charge is 0.377 e. The van der Waals surface area contributed by atoms with Gasteiger partial charge in [0.1, 0.15) is 17.6 Å². The highest BCUT2D eigenvalue weighted by Crippen LogP contribution is 2.11. The van der Waals surface area contributed by atoms with Crippen LogP contribution in [0, 0.1) is 0 Å². The molecular weight excluding hydrogens is 204 g/mol. The van der Waals surface area contributed by atoms with Crippen molar-refractivity contribution in [2.45, 2.75) is 6.61 Å². The minimum Gasteiger partial charge on any atom is -0.377 e. The van der Waals surface area contributed by atoms with Gasteiger partial charge in [-0.25, -0.2) is 15.0 Å². The van der Waals surface area contributed by atoms with Crippen molar-refractivity contribution in [3.8, 4) is 0 Å². The Morgan fingerprint density at radius 3 is 2.79 bits per heavy atom. The molecule has 0 bridgehead atoms. The van der Waals surface area contributed by atoms with Crippen molar-refractivity contribution in [1.29, 1.82) is 0 Å². The summed E-state index contributed by atoms with van der Waals surface area (Å²) < 4.78 is 4.92. The zero-order chi connectivity index (χ0) is 10.6. The number of hydrogen-bond acceptors (Lipinski definition) is 5. The summed E-state index contributed by atoms with van der Waals surface area (Å²) in [5.74, 6) is 1.21. The second-order valence-corrected chi connectivity index (χ2v) is 3.32. The Morgan fingerprint density at radius 2 is 2.21 bits per heavy atom. The first-order chi connectivity index (χ1) is 6.61. The number of nitrogens with one attached hydrogen (secondary N) is 1. The number of hydrazine groups is 1. The number of nitrogens with zero attached hydrogens (tertiary/aromatic N) is 3. The number of methoxy groups -OCH3 is 1. The van der Waals surface area contributed by atoms with Crippen LogP contribution in [0.15, 0.2) is 6.07 Å². The standard InChI is InChI=1S/C8H13ClN4O/c1-13(2)12-7-4-6(9)10-8(11-7)5-14-3/h4H,5H2,1-3H3,(H,10,11,12). The number of hydrogen-bond donors (Lipinski definition) is 1. The quantitative estimate of drug-likeness (QED) is 0.605. The van der Waals surface area contributed by atoms with Gasteiger partial charge in [-0.1, -0.05) is 11.6 Å². The van der Waals surface area contributed by atoms with Crippen LogP contribution in [-0.4, -0.2) is 36.2 Å². The summed E-state index contributed by atoms with van der Waals surface area (Å²) in [4.78, 5) is 8.19. The zero-order valence-electron chi connectivity index (χ0n) is 8.41.